The van der Waals surface area contributed by atoms with Gasteiger partial charge in [-0.2, -0.15) is 5.10 Å². The van der Waals surface area contributed by atoms with Crippen LogP contribution in [0.3, 0.4) is 0 Å². The van der Waals surface area contributed by atoms with Crippen LogP contribution in [0.5, 0.6) is 5.75 Å². The predicted molar refractivity (Wildman–Crippen MR) is 86.6 cm³/mol. The van der Waals surface area contributed by atoms with Crippen LogP contribution in [0.4, 0.5) is 5.69 Å². The molecule has 2 N–H and O–H groups in total. The second-order valence-electron chi connectivity index (χ2n) is 5.50. The van der Waals surface area contributed by atoms with Crippen LogP contribution in [0, 0.1) is 0 Å². The zero-order valence-corrected chi connectivity index (χ0v) is 13.5. The van der Waals surface area contributed by atoms with Crippen molar-refractivity contribution in [1.82, 2.24) is 19.7 Å². The Bertz CT molecular complexity index is 704. The van der Waals surface area contributed by atoms with Crippen LogP contribution in [-0.4, -0.2) is 45.8 Å². The summed E-state index contributed by atoms with van der Waals surface area (Å²) in [6.45, 7) is 1.27. The summed E-state index contributed by atoms with van der Waals surface area (Å²) in [6.07, 6.45) is 5.05. The van der Waals surface area contributed by atoms with Crippen LogP contribution < -0.4 is 10.5 Å². The highest BCUT2D eigenvalue weighted by atomic mass is 35.5. The van der Waals surface area contributed by atoms with Crippen molar-refractivity contribution >= 4 is 23.2 Å². The number of nitrogens with zero attached hydrogens (tertiary/aromatic N) is 4. The number of hydrogen-bond donors (Lipinski definition) is 1. The van der Waals surface area contributed by atoms with Crippen molar-refractivity contribution in [1.29, 1.82) is 0 Å². The molecule has 1 aliphatic heterocycles. The average Bonchev–Trinajstić information content (AvgIpc) is 3.11. The zero-order chi connectivity index (χ0) is 16.4. The minimum absolute atomic E-state index is 0.117. The van der Waals surface area contributed by atoms with Crippen LogP contribution in [0.15, 0.2) is 24.8 Å². The quantitative estimate of drug-likeness (QED) is 0.867. The highest BCUT2D eigenvalue weighted by Crippen LogP contribution is 2.31. The summed E-state index contributed by atoms with van der Waals surface area (Å²) in [6, 6.07) is 3.27. The summed E-state index contributed by atoms with van der Waals surface area (Å²) < 4.78 is 7.08. The fraction of sp³-hybridized carbons (Fsp3) is 0.400. The number of aromatic nitrogens is 3. The Morgan fingerprint density at radius 1 is 1.48 bits per heavy atom. The molecule has 1 unspecified atom stereocenters. The number of nitrogen functional groups attached to an aromatic ring is 1. The van der Waals surface area contributed by atoms with Crippen LogP contribution in [0.1, 0.15) is 29.2 Å². The summed E-state index contributed by atoms with van der Waals surface area (Å²) in [4.78, 5) is 18.6. The molecule has 0 bridgehead atoms. The molecule has 8 heteroatoms. The molecule has 0 saturated carbocycles. The van der Waals surface area contributed by atoms with E-state index < -0.39 is 0 Å². The highest BCUT2D eigenvalue weighted by molar-refractivity contribution is 6.33. The Hall–Kier alpha value is -2.28. The highest BCUT2D eigenvalue weighted by Gasteiger charge is 2.28. The molecule has 1 aromatic carbocycles. The van der Waals surface area contributed by atoms with Gasteiger partial charge >= 0.3 is 0 Å². The molecular formula is C15H18ClN5O2. The van der Waals surface area contributed by atoms with E-state index in [0.717, 1.165) is 12.8 Å². The van der Waals surface area contributed by atoms with Crippen LogP contribution in [-0.2, 0) is 0 Å². The van der Waals surface area contributed by atoms with Gasteiger partial charge in [-0.25, -0.2) is 9.67 Å². The third-order valence-electron chi connectivity index (χ3n) is 4.04. The molecule has 2 heterocycles. The van der Waals surface area contributed by atoms with E-state index in [0.29, 0.717) is 35.1 Å². The maximum Gasteiger partial charge on any atom is 0.257 e. The van der Waals surface area contributed by atoms with Gasteiger partial charge in [0, 0.05) is 19.2 Å². The summed E-state index contributed by atoms with van der Waals surface area (Å²) in [7, 11) is 1.51. The van der Waals surface area contributed by atoms with Crippen molar-refractivity contribution in [3.63, 3.8) is 0 Å². The third-order valence-corrected chi connectivity index (χ3v) is 4.37. The molecule has 1 atom stereocenters. The first-order valence-corrected chi connectivity index (χ1v) is 7.74. The smallest absolute Gasteiger partial charge is 0.257 e. The molecule has 0 radical (unpaired) electrons. The van der Waals surface area contributed by atoms with Gasteiger partial charge in [-0.1, -0.05) is 11.6 Å². The first kappa shape index (κ1) is 15.6. The zero-order valence-electron chi connectivity index (χ0n) is 12.8. The maximum atomic E-state index is 12.9. The van der Waals surface area contributed by atoms with Crippen molar-refractivity contribution in [3.05, 3.63) is 35.4 Å². The number of carbonyl (C=O) groups is 1. The average molecular weight is 336 g/mol. The first-order valence-electron chi connectivity index (χ1n) is 7.36. The minimum Gasteiger partial charge on any atom is -0.496 e. The number of amides is 1. The Kier molecular flexibility index (Phi) is 4.38. The van der Waals surface area contributed by atoms with E-state index in [1.54, 1.807) is 28.0 Å². The number of ether oxygens (including phenoxy) is 1. The van der Waals surface area contributed by atoms with Gasteiger partial charge in [0.15, 0.2) is 0 Å². The van der Waals surface area contributed by atoms with Gasteiger partial charge in [0.1, 0.15) is 18.4 Å². The fourth-order valence-corrected chi connectivity index (χ4v) is 3.00. The topological polar surface area (TPSA) is 86.3 Å². The van der Waals surface area contributed by atoms with E-state index in [-0.39, 0.29) is 11.9 Å². The SMILES string of the molecule is COc1cc(N)c(Cl)cc1C(=O)N1CCCC(n2cncn2)C1. The molecule has 122 valence electrons. The summed E-state index contributed by atoms with van der Waals surface area (Å²) in [5, 5.41) is 4.52. The van der Waals surface area contributed by atoms with Gasteiger partial charge in [0.2, 0.25) is 0 Å². The van der Waals surface area contributed by atoms with Crippen molar-refractivity contribution < 1.29 is 9.53 Å². The van der Waals surface area contributed by atoms with E-state index in [1.807, 2.05) is 0 Å². The van der Waals surface area contributed by atoms with Gasteiger partial charge in [0.05, 0.1) is 29.4 Å². The number of rotatable bonds is 3. The molecule has 23 heavy (non-hydrogen) atoms. The number of methoxy groups -OCH3 is 1. The molecule has 7 nitrogen and oxygen atoms in total. The molecular weight excluding hydrogens is 318 g/mol. The predicted octanol–water partition coefficient (Wildman–Crippen LogP) is 2.00. The molecule has 2 aromatic rings. The van der Waals surface area contributed by atoms with Gasteiger partial charge in [-0.15, -0.1) is 0 Å². The van der Waals surface area contributed by atoms with Crippen molar-refractivity contribution in [2.24, 2.45) is 0 Å². The number of halogens is 1. The lowest BCUT2D eigenvalue weighted by atomic mass is 10.0. The number of likely N-dealkylation sites (tertiary alicyclic amines) is 1. The minimum atomic E-state index is -0.117. The number of anilines is 1. The van der Waals surface area contributed by atoms with Gasteiger partial charge in [-0.3, -0.25) is 4.79 Å². The molecule has 1 fully saturated rings. The summed E-state index contributed by atoms with van der Waals surface area (Å²) in [5.74, 6) is 0.313. The fourth-order valence-electron chi connectivity index (χ4n) is 2.84. The number of piperidine rings is 1. The molecule has 1 aromatic heterocycles. The molecule has 0 spiro atoms. The van der Waals surface area contributed by atoms with E-state index in [1.165, 1.54) is 13.4 Å². The Morgan fingerprint density at radius 3 is 3.00 bits per heavy atom. The summed E-state index contributed by atoms with van der Waals surface area (Å²) >= 11 is 6.06. The number of carbonyl (C=O) groups excluding carboxylic acids is 1. The lowest BCUT2D eigenvalue weighted by Gasteiger charge is -2.33. The monoisotopic (exact) mass is 335 g/mol. The molecule has 1 aliphatic rings. The standard InChI is InChI=1S/C15H18ClN5O2/c1-23-14-6-13(17)12(16)5-11(14)15(22)20-4-2-3-10(7-20)21-9-18-8-19-21/h5-6,8-10H,2-4,7,17H2,1H3. The van der Waals surface area contributed by atoms with Crippen molar-refractivity contribution in [2.45, 2.75) is 18.9 Å². The number of hydrogen-bond acceptors (Lipinski definition) is 5. The lowest BCUT2D eigenvalue weighted by Crippen LogP contribution is -2.41. The third kappa shape index (κ3) is 3.10. The van der Waals surface area contributed by atoms with Crippen LogP contribution >= 0.6 is 11.6 Å². The van der Waals surface area contributed by atoms with Crippen LogP contribution in [0.25, 0.3) is 0 Å². The van der Waals surface area contributed by atoms with Gasteiger partial charge < -0.3 is 15.4 Å². The molecule has 1 saturated heterocycles. The Morgan fingerprint density at radius 2 is 2.30 bits per heavy atom. The number of benzene rings is 1. The summed E-state index contributed by atoms with van der Waals surface area (Å²) in [5.41, 5.74) is 6.58. The second kappa shape index (κ2) is 6.45. The second-order valence-corrected chi connectivity index (χ2v) is 5.90. The molecule has 0 aliphatic carbocycles. The van der Waals surface area contributed by atoms with Gasteiger partial charge in [0.25, 0.3) is 5.91 Å². The number of nitrogens with two attached hydrogens (primary N) is 1. The normalized spacial score (nSPS) is 18.0. The van der Waals surface area contributed by atoms with E-state index in [2.05, 4.69) is 10.1 Å². The maximum absolute atomic E-state index is 12.9. The van der Waals surface area contributed by atoms with Crippen LogP contribution in [0.2, 0.25) is 5.02 Å². The van der Waals surface area contributed by atoms with Crippen molar-refractivity contribution in [2.75, 3.05) is 25.9 Å². The molecule has 1 amide bonds. The largest absolute Gasteiger partial charge is 0.496 e. The Balaban J connectivity index is 1.84. The molecule has 3 rings (SSSR count). The Labute approximate surface area is 139 Å². The van der Waals surface area contributed by atoms with E-state index in [4.69, 9.17) is 22.1 Å². The van der Waals surface area contributed by atoms with Gasteiger partial charge in [-0.05, 0) is 18.9 Å². The van der Waals surface area contributed by atoms with E-state index in [9.17, 15) is 4.79 Å². The first-order chi connectivity index (χ1) is 11.1. The van der Waals surface area contributed by atoms with Crippen molar-refractivity contribution in [3.8, 4) is 5.75 Å². The van der Waals surface area contributed by atoms with E-state index >= 15 is 0 Å². The lowest BCUT2D eigenvalue weighted by molar-refractivity contribution is 0.0669.